The van der Waals surface area contributed by atoms with Crippen LogP contribution in [0.2, 0.25) is 0 Å². The average Bonchev–Trinajstić information content (AvgIpc) is 2.65. The van der Waals surface area contributed by atoms with Crippen LogP contribution in [0.15, 0.2) is 48.5 Å². The van der Waals surface area contributed by atoms with E-state index in [0.29, 0.717) is 31.1 Å². The predicted octanol–water partition coefficient (Wildman–Crippen LogP) is 3.11. The lowest BCUT2D eigenvalue weighted by atomic mass is 10.2. The summed E-state index contributed by atoms with van der Waals surface area (Å²) in [5.41, 5.74) is 1.15. The van der Waals surface area contributed by atoms with E-state index >= 15 is 0 Å². The highest BCUT2D eigenvalue weighted by Gasteiger charge is 2.23. The number of fused-ring (bicyclic) bond motifs is 1. The van der Waals surface area contributed by atoms with Gasteiger partial charge in [0.25, 0.3) is 5.91 Å². The Morgan fingerprint density at radius 1 is 1.20 bits per heavy atom. The van der Waals surface area contributed by atoms with E-state index in [2.05, 4.69) is 5.32 Å². The SMILES string of the molecule is CCC(Oc1ccc(C)cc1)C(=O)NCC1COc2ccccc2O1. The minimum absolute atomic E-state index is 0.148. The highest BCUT2D eigenvalue weighted by atomic mass is 16.6. The summed E-state index contributed by atoms with van der Waals surface area (Å²) in [5.74, 6) is 1.99. The number of rotatable bonds is 6. The third-order valence-corrected chi connectivity index (χ3v) is 4.03. The molecule has 1 aliphatic heterocycles. The van der Waals surface area contributed by atoms with E-state index in [4.69, 9.17) is 14.2 Å². The van der Waals surface area contributed by atoms with E-state index in [1.807, 2.05) is 62.4 Å². The van der Waals surface area contributed by atoms with Crippen molar-refractivity contribution in [2.24, 2.45) is 0 Å². The molecule has 1 heterocycles. The average molecular weight is 341 g/mol. The molecule has 2 unspecified atom stereocenters. The molecule has 132 valence electrons. The van der Waals surface area contributed by atoms with Gasteiger partial charge in [0.15, 0.2) is 17.6 Å². The lowest BCUT2D eigenvalue weighted by Crippen LogP contribution is -2.45. The second-order valence-electron chi connectivity index (χ2n) is 6.07. The Hall–Kier alpha value is -2.69. The van der Waals surface area contributed by atoms with Crippen LogP contribution in [0.25, 0.3) is 0 Å². The number of benzene rings is 2. The zero-order chi connectivity index (χ0) is 17.6. The summed E-state index contributed by atoms with van der Waals surface area (Å²) >= 11 is 0. The van der Waals surface area contributed by atoms with Crippen molar-refractivity contribution in [3.8, 4) is 17.2 Å². The first-order chi connectivity index (χ1) is 12.2. The minimum atomic E-state index is -0.528. The number of para-hydroxylation sites is 2. The van der Waals surface area contributed by atoms with Crippen molar-refractivity contribution < 1.29 is 19.0 Å². The van der Waals surface area contributed by atoms with Crippen LogP contribution in [0, 0.1) is 6.92 Å². The number of amides is 1. The third kappa shape index (κ3) is 4.44. The van der Waals surface area contributed by atoms with Gasteiger partial charge in [0.05, 0.1) is 6.54 Å². The first kappa shape index (κ1) is 17.1. The predicted molar refractivity (Wildman–Crippen MR) is 95.2 cm³/mol. The van der Waals surface area contributed by atoms with Gasteiger partial charge in [0, 0.05) is 0 Å². The van der Waals surface area contributed by atoms with Gasteiger partial charge in [0.2, 0.25) is 0 Å². The number of carbonyl (C=O) groups is 1. The van der Waals surface area contributed by atoms with Crippen molar-refractivity contribution >= 4 is 5.91 Å². The van der Waals surface area contributed by atoms with Crippen LogP contribution in [0.4, 0.5) is 0 Å². The number of carbonyl (C=O) groups excluding carboxylic acids is 1. The fraction of sp³-hybridized carbons (Fsp3) is 0.350. The van der Waals surface area contributed by atoms with Gasteiger partial charge in [-0.1, -0.05) is 36.8 Å². The zero-order valence-corrected chi connectivity index (χ0v) is 14.5. The minimum Gasteiger partial charge on any atom is -0.486 e. The van der Waals surface area contributed by atoms with E-state index in [0.717, 1.165) is 11.3 Å². The molecule has 2 aromatic carbocycles. The summed E-state index contributed by atoms with van der Waals surface area (Å²) in [7, 11) is 0. The first-order valence-corrected chi connectivity index (χ1v) is 8.55. The molecule has 1 N–H and O–H groups in total. The zero-order valence-electron chi connectivity index (χ0n) is 14.5. The molecule has 0 bridgehead atoms. The van der Waals surface area contributed by atoms with E-state index in [1.165, 1.54) is 0 Å². The molecule has 0 fully saturated rings. The normalized spacial score (nSPS) is 16.8. The third-order valence-electron chi connectivity index (χ3n) is 4.03. The van der Waals surface area contributed by atoms with Crippen LogP contribution in [-0.4, -0.2) is 31.3 Å². The lowest BCUT2D eigenvalue weighted by Gasteiger charge is -2.27. The second kappa shape index (κ2) is 7.92. The highest BCUT2D eigenvalue weighted by molar-refractivity contribution is 5.81. The van der Waals surface area contributed by atoms with Crippen LogP contribution < -0.4 is 19.5 Å². The van der Waals surface area contributed by atoms with Gasteiger partial charge >= 0.3 is 0 Å². The van der Waals surface area contributed by atoms with Crippen LogP contribution in [0.1, 0.15) is 18.9 Å². The van der Waals surface area contributed by atoms with Gasteiger partial charge in [-0.15, -0.1) is 0 Å². The fourth-order valence-corrected chi connectivity index (χ4v) is 2.60. The largest absolute Gasteiger partial charge is 0.486 e. The molecule has 0 saturated carbocycles. The molecule has 5 heteroatoms. The highest BCUT2D eigenvalue weighted by Crippen LogP contribution is 2.30. The van der Waals surface area contributed by atoms with Crippen molar-refractivity contribution in [1.29, 1.82) is 0 Å². The quantitative estimate of drug-likeness (QED) is 0.877. The molecule has 1 amide bonds. The van der Waals surface area contributed by atoms with Crippen LogP contribution in [0.5, 0.6) is 17.2 Å². The standard InChI is InChI=1S/C20H23NO4/c1-3-17(24-15-10-8-14(2)9-11-15)20(22)21-12-16-13-23-18-6-4-5-7-19(18)25-16/h4-11,16-17H,3,12-13H2,1-2H3,(H,21,22). The van der Waals surface area contributed by atoms with Gasteiger partial charge < -0.3 is 19.5 Å². The molecule has 3 rings (SSSR count). The maximum atomic E-state index is 12.4. The van der Waals surface area contributed by atoms with Gasteiger partial charge in [-0.2, -0.15) is 0 Å². The maximum Gasteiger partial charge on any atom is 0.261 e. The molecule has 2 atom stereocenters. The van der Waals surface area contributed by atoms with Gasteiger partial charge in [-0.05, 0) is 37.6 Å². The van der Waals surface area contributed by atoms with Crippen LogP contribution >= 0.6 is 0 Å². The topological polar surface area (TPSA) is 56.8 Å². The smallest absolute Gasteiger partial charge is 0.261 e. The van der Waals surface area contributed by atoms with E-state index in [9.17, 15) is 4.79 Å². The Labute approximate surface area is 147 Å². The summed E-state index contributed by atoms with van der Waals surface area (Å²) in [4.78, 5) is 12.4. The van der Waals surface area contributed by atoms with E-state index in [1.54, 1.807) is 0 Å². The summed E-state index contributed by atoms with van der Waals surface area (Å²) in [6.07, 6.45) is -0.153. The summed E-state index contributed by atoms with van der Waals surface area (Å²) in [6, 6.07) is 15.2. The van der Waals surface area contributed by atoms with Crippen molar-refractivity contribution in [2.75, 3.05) is 13.2 Å². The van der Waals surface area contributed by atoms with E-state index < -0.39 is 6.10 Å². The Bertz CT molecular complexity index is 714. The van der Waals surface area contributed by atoms with Crippen molar-refractivity contribution in [3.05, 3.63) is 54.1 Å². The molecule has 0 saturated heterocycles. The number of hydrogen-bond acceptors (Lipinski definition) is 4. The molecule has 0 spiro atoms. The molecule has 0 aromatic heterocycles. The van der Waals surface area contributed by atoms with Gasteiger partial charge in [-0.25, -0.2) is 0 Å². The summed E-state index contributed by atoms with van der Waals surface area (Å²) in [5, 5.41) is 2.90. The molecule has 0 radical (unpaired) electrons. The fourth-order valence-electron chi connectivity index (χ4n) is 2.60. The maximum absolute atomic E-state index is 12.4. The van der Waals surface area contributed by atoms with Crippen molar-refractivity contribution in [3.63, 3.8) is 0 Å². The Balaban J connectivity index is 1.52. The first-order valence-electron chi connectivity index (χ1n) is 8.55. The van der Waals surface area contributed by atoms with Crippen LogP contribution in [0.3, 0.4) is 0 Å². The summed E-state index contributed by atoms with van der Waals surface area (Å²) < 4.78 is 17.3. The Morgan fingerprint density at radius 2 is 1.92 bits per heavy atom. The molecule has 2 aromatic rings. The lowest BCUT2D eigenvalue weighted by molar-refractivity contribution is -0.128. The molecule has 25 heavy (non-hydrogen) atoms. The van der Waals surface area contributed by atoms with Gasteiger partial charge in [0.1, 0.15) is 18.5 Å². The van der Waals surface area contributed by atoms with E-state index in [-0.39, 0.29) is 12.0 Å². The number of nitrogens with one attached hydrogen (secondary N) is 1. The number of hydrogen-bond donors (Lipinski definition) is 1. The van der Waals surface area contributed by atoms with Crippen molar-refractivity contribution in [1.82, 2.24) is 5.32 Å². The Kier molecular flexibility index (Phi) is 5.43. The molecular weight excluding hydrogens is 318 g/mol. The Morgan fingerprint density at radius 3 is 2.64 bits per heavy atom. The monoisotopic (exact) mass is 341 g/mol. The van der Waals surface area contributed by atoms with Gasteiger partial charge in [-0.3, -0.25) is 4.79 Å². The number of aryl methyl sites for hydroxylation is 1. The molecule has 1 aliphatic rings. The molecular formula is C20H23NO4. The van der Waals surface area contributed by atoms with Crippen molar-refractivity contribution in [2.45, 2.75) is 32.5 Å². The second-order valence-corrected chi connectivity index (χ2v) is 6.07. The summed E-state index contributed by atoms with van der Waals surface area (Å²) in [6.45, 7) is 4.72. The molecule has 5 nitrogen and oxygen atoms in total. The van der Waals surface area contributed by atoms with Crippen LogP contribution in [-0.2, 0) is 4.79 Å². The number of ether oxygens (including phenoxy) is 3. The molecule has 0 aliphatic carbocycles.